The minimum absolute atomic E-state index is 0. The van der Waals surface area contributed by atoms with Gasteiger partial charge in [-0.15, -0.1) is 23.7 Å². The number of carbonyl (C=O) groups is 1. The van der Waals surface area contributed by atoms with Crippen molar-refractivity contribution in [2.24, 2.45) is 11.7 Å². The van der Waals surface area contributed by atoms with Gasteiger partial charge in [0.15, 0.2) is 0 Å². The highest BCUT2D eigenvalue weighted by molar-refractivity contribution is 7.09. The van der Waals surface area contributed by atoms with E-state index >= 15 is 0 Å². The Bertz CT molecular complexity index is 424. The van der Waals surface area contributed by atoms with Crippen molar-refractivity contribution in [1.29, 1.82) is 0 Å². The fraction of sp³-hybridized carbons (Fsp3) is 0.714. The summed E-state index contributed by atoms with van der Waals surface area (Å²) in [7, 11) is 0. The Labute approximate surface area is 131 Å². The van der Waals surface area contributed by atoms with Crippen LogP contribution >= 0.6 is 23.7 Å². The maximum Gasteiger partial charge on any atom is 0.270 e. The fourth-order valence-corrected chi connectivity index (χ4v) is 3.44. The Hall–Kier alpha value is -0.650. The number of aromatic nitrogens is 1. The zero-order valence-corrected chi connectivity index (χ0v) is 13.6. The summed E-state index contributed by atoms with van der Waals surface area (Å²) in [4.78, 5) is 16.4. The van der Waals surface area contributed by atoms with E-state index < -0.39 is 0 Å². The van der Waals surface area contributed by atoms with Crippen molar-refractivity contribution < 1.29 is 4.79 Å². The molecule has 1 amide bonds. The van der Waals surface area contributed by atoms with Crippen LogP contribution in [0.3, 0.4) is 0 Å². The first-order chi connectivity index (χ1) is 9.24. The third-order valence-corrected chi connectivity index (χ3v) is 4.73. The standard InChI is InChI=1S/C14H23N3OS.ClH/c1-2-3-5-10-6-4-7-11(10)17-14(18)12-9-19-13(8-15)16-12;/h9-11H,2-8,15H2,1H3,(H,17,18);1H. The summed E-state index contributed by atoms with van der Waals surface area (Å²) >= 11 is 1.45. The molecule has 0 bridgehead atoms. The Morgan fingerprint density at radius 3 is 3.00 bits per heavy atom. The second kappa shape index (κ2) is 8.60. The van der Waals surface area contributed by atoms with Crippen molar-refractivity contribution in [2.45, 2.75) is 58.0 Å². The van der Waals surface area contributed by atoms with Gasteiger partial charge in [0.1, 0.15) is 10.7 Å². The van der Waals surface area contributed by atoms with Crippen LogP contribution in [0.5, 0.6) is 0 Å². The Balaban J connectivity index is 0.00000200. The van der Waals surface area contributed by atoms with Gasteiger partial charge < -0.3 is 11.1 Å². The molecule has 0 saturated heterocycles. The summed E-state index contributed by atoms with van der Waals surface area (Å²) in [5.74, 6) is 0.612. The lowest BCUT2D eigenvalue weighted by atomic mass is 9.97. The molecule has 1 aliphatic carbocycles. The van der Waals surface area contributed by atoms with Crippen LogP contribution in [0.15, 0.2) is 5.38 Å². The molecule has 1 aromatic heterocycles. The van der Waals surface area contributed by atoms with E-state index in [0.717, 1.165) is 11.4 Å². The van der Waals surface area contributed by atoms with Crippen LogP contribution in [-0.2, 0) is 6.54 Å². The van der Waals surface area contributed by atoms with E-state index in [4.69, 9.17) is 5.73 Å². The third-order valence-electron chi connectivity index (χ3n) is 3.86. The SMILES string of the molecule is CCCCC1CCCC1NC(=O)c1csc(CN)n1.Cl. The van der Waals surface area contributed by atoms with Gasteiger partial charge in [0, 0.05) is 18.0 Å². The molecule has 1 aliphatic rings. The molecule has 1 fully saturated rings. The zero-order valence-electron chi connectivity index (χ0n) is 11.9. The molecule has 2 unspecified atom stereocenters. The highest BCUT2D eigenvalue weighted by Gasteiger charge is 2.28. The number of thiazole rings is 1. The largest absolute Gasteiger partial charge is 0.348 e. The van der Waals surface area contributed by atoms with Crippen LogP contribution in [0, 0.1) is 5.92 Å². The van der Waals surface area contributed by atoms with Crippen LogP contribution in [0.25, 0.3) is 0 Å². The van der Waals surface area contributed by atoms with Crippen molar-refractivity contribution >= 4 is 29.7 Å². The summed E-state index contributed by atoms with van der Waals surface area (Å²) in [5, 5.41) is 5.77. The van der Waals surface area contributed by atoms with Crippen LogP contribution in [0.2, 0.25) is 0 Å². The highest BCUT2D eigenvalue weighted by atomic mass is 35.5. The lowest BCUT2D eigenvalue weighted by Gasteiger charge is -2.20. The monoisotopic (exact) mass is 317 g/mol. The van der Waals surface area contributed by atoms with Crippen LogP contribution in [-0.4, -0.2) is 16.9 Å². The molecule has 2 rings (SSSR count). The highest BCUT2D eigenvalue weighted by Crippen LogP contribution is 2.30. The quantitative estimate of drug-likeness (QED) is 0.847. The zero-order chi connectivity index (χ0) is 13.7. The molecule has 0 aromatic carbocycles. The molecular weight excluding hydrogens is 294 g/mol. The summed E-state index contributed by atoms with van der Waals surface area (Å²) < 4.78 is 0. The van der Waals surface area contributed by atoms with Crippen molar-refractivity contribution in [3.8, 4) is 0 Å². The fourth-order valence-electron chi connectivity index (χ4n) is 2.79. The second-order valence-electron chi connectivity index (χ2n) is 5.24. The van der Waals surface area contributed by atoms with E-state index in [1.54, 1.807) is 5.38 Å². The Kier molecular flexibility index (Phi) is 7.48. The van der Waals surface area contributed by atoms with Gasteiger partial charge in [-0.3, -0.25) is 4.79 Å². The summed E-state index contributed by atoms with van der Waals surface area (Å²) in [6, 6.07) is 0.335. The van der Waals surface area contributed by atoms with E-state index in [2.05, 4.69) is 17.2 Å². The Morgan fingerprint density at radius 2 is 2.35 bits per heavy atom. The molecule has 114 valence electrons. The number of nitrogens with zero attached hydrogens (tertiary/aromatic N) is 1. The molecule has 6 heteroatoms. The molecule has 0 spiro atoms. The number of rotatable bonds is 6. The molecule has 4 nitrogen and oxygen atoms in total. The van der Waals surface area contributed by atoms with Crippen molar-refractivity contribution in [3.63, 3.8) is 0 Å². The number of hydrogen-bond donors (Lipinski definition) is 2. The summed E-state index contributed by atoms with van der Waals surface area (Å²) in [5.41, 5.74) is 6.04. The lowest BCUT2D eigenvalue weighted by molar-refractivity contribution is 0.0922. The van der Waals surface area contributed by atoms with Gasteiger partial charge in [0.25, 0.3) is 5.91 Å². The molecule has 3 N–H and O–H groups in total. The number of hydrogen-bond acceptors (Lipinski definition) is 4. The third kappa shape index (κ3) is 4.43. The number of amides is 1. The lowest BCUT2D eigenvalue weighted by Crippen LogP contribution is -2.37. The number of halogens is 1. The molecule has 1 aromatic rings. The molecule has 2 atom stereocenters. The molecule has 0 radical (unpaired) electrons. The molecule has 1 saturated carbocycles. The van der Waals surface area contributed by atoms with Crippen LogP contribution in [0.4, 0.5) is 0 Å². The first-order valence-electron chi connectivity index (χ1n) is 7.20. The van der Waals surface area contributed by atoms with Crippen LogP contribution in [0.1, 0.15) is 60.9 Å². The maximum atomic E-state index is 12.1. The number of unbranched alkanes of at least 4 members (excludes halogenated alkanes) is 1. The van der Waals surface area contributed by atoms with Crippen LogP contribution < -0.4 is 11.1 Å². The topological polar surface area (TPSA) is 68.0 Å². The van der Waals surface area contributed by atoms with Gasteiger partial charge in [-0.1, -0.05) is 26.2 Å². The minimum Gasteiger partial charge on any atom is -0.348 e. The average Bonchev–Trinajstić information content (AvgIpc) is 3.05. The molecule has 0 aliphatic heterocycles. The number of nitrogens with two attached hydrogens (primary N) is 1. The van der Waals surface area contributed by atoms with Gasteiger partial charge in [0.05, 0.1) is 0 Å². The summed E-state index contributed by atoms with van der Waals surface area (Å²) in [6.07, 6.45) is 7.29. The van der Waals surface area contributed by atoms with Crippen molar-refractivity contribution in [2.75, 3.05) is 0 Å². The minimum atomic E-state index is -0.0376. The average molecular weight is 318 g/mol. The van der Waals surface area contributed by atoms with Gasteiger partial charge >= 0.3 is 0 Å². The summed E-state index contributed by atoms with van der Waals surface area (Å²) in [6.45, 7) is 2.62. The van der Waals surface area contributed by atoms with E-state index in [-0.39, 0.29) is 18.3 Å². The van der Waals surface area contributed by atoms with E-state index in [1.165, 1.54) is 43.4 Å². The smallest absolute Gasteiger partial charge is 0.270 e. The molecule has 20 heavy (non-hydrogen) atoms. The first kappa shape index (κ1) is 17.4. The van der Waals surface area contributed by atoms with Gasteiger partial charge in [-0.25, -0.2) is 4.98 Å². The molecular formula is C14H24ClN3OS. The number of carbonyl (C=O) groups excluding carboxylic acids is 1. The van der Waals surface area contributed by atoms with Gasteiger partial charge in [0.2, 0.25) is 0 Å². The first-order valence-corrected chi connectivity index (χ1v) is 8.08. The van der Waals surface area contributed by atoms with E-state index in [1.807, 2.05) is 0 Å². The van der Waals surface area contributed by atoms with Crippen molar-refractivity contribution in [3.05, 3.63) is 16.1 Å². The van der Waals surface area contributed by atoms with Crippen molar-refractivity contribution in [1.82, 2.24) is 10.3 Å². The predicted molar refractivity (Wildman–Crippen MR) is 85.4 cm³/mol. The van der Waals surface area contributed by atoms with E-state index in [0.29, 0.717) is 24.2 Å². The van der Waals surface area contributed by atoms with Gasteiger partial charge in [-0.05, 0) is 25.2 Å². The molecule has 1 heterocycles. The second-order valence-corrected chi connectivity index (χ2v) is 6.19. The predicted octanol–water partition coefficient (Wildman–Crippen LogP) is 3.11. The van der Waals surface area contributed by atoms with Gasteiger partial charge in [-0.2, -0.15) is 0 Å². The normalized spacial score (nSPS) is 21.5. The maximum absolute atomic E-state index is 12.1. The number of nitrogens with one attached hydrogen (secondary N) is 1. The Morgan fingerprint density at radius 1 is 1.55 bits per heavy atom. The van der Waals surface area contributed by atoms with E-state index in [9.17, 15) is 4.79 Å².